The van der Waals surface area contributed by atoms with Gasteiger partial charge in [0.1, 0.15) is 11.5 Å². The Morgan fingerprint density at radius 3 is 2.30 bits per heavy atom. The predicted molar refractivity (Wildman–Crippen MR) is 94.3 cm³/mol. The highest BCUT2D eigenvalue weighted by Gasteiger charge is 2.11. The van der Waals surface area contributed by atoms with Crippen molar-refractivity contribution < 1.29 is 14.3 Å². The van der Waals surface area contributed by atoms with E-state index in [1.807, 2.05) is 31.2 Å². The van der Waals surface area contributed by atoms with E-state index in [0.29, 0.717) is 17.2 Å². The maximum absolute atomic E-state index is 12.2. The molecular weight excluding hydrogens is 360 g/mol. The summed E-state index contributed by atoms with van der Waals surface area (Å²) in [4.78, 5) is 12.2. The lowest BCUT2D eigenvalue weighted by molar-refractivity contribution is 0.249. The molecule has 1 atom stereocenters. The number of carbonyl (C=O) groups excluding carboxylic acids is 1. The van der Waals surface area contributed by atoms with Gasteiger partial charge in [-0.1, -0.05) is 28.1 Å². The fourth-order valence-electron chi connectivity index (χ4n) is 2.10. The zero-order valence-corrected chi connectivity index (χ0v) is 14.8. The second-order valence-corrected chi connectivity index (χ2v) is 5.89. The molecule has 2 aromatic rings. The molecule has 0 spiro atoms. The molecule has 2 aromatic carbocycles. The highest BCUT2D eigenvalue weighted by molar-refractivity contribution is 9.10. The molecular formula is C17H19BrN2O3. The number of nitrogens with one attached hydrogen (secondary N) is 2. The molecule has 0 saturated heterocycles. The van der Waals surface area contributed by atoms with Crippen LogP contribution in [0.1, 0.15) is 18.5 Å². The van der Waals surface area contributed by atoms with Crippen LogP contribution in [0.2, 0.25) is 0 Å². The summed E-state index contributed by atoms with van der Waals surface area (Å²) < 4.78 is 11.3. The standard InChI is InChI=1S/C17H19BrN2O3/c1-11(12-5-4-6-13(18)7-12)19-17(21)20-14-8-15(22-2)10-16(9-14)23-3/h4-11H,1-3H3,(H2,19,20,21). The van der Waals surface area contributed by atoms with E-state index in [0.717, 1.165) is 10.0 Å². The lowest BCUT2D eigenvalue weighted by Crippen LogP contribution is -2.31. The first kappa shape index (κ1) is 17.1. The Morgan fingerprint density at radius 2 is 1.74 bits per heavy atom. The summed E-state index contributed by atoms with van der Waals surface area (Å²) in [6.45, 7) is 1.92. The van der Waals surface area contributed by atoms with Gasteiger partial charge in [-0.25, -0.2) is 4.79 Å². The number of ether oxygens (including phenoxy) is 2. The second-order valence-electron chi connectivity index (χ2n) is 4.98. The van der Waals surface area contributed by atoms with Crippen molar-refractivity contribution in [2.75, 3.05) is 19.5 Å². The van der Waals surface area contributed by atoms with Crippen molar-refractivity contribution in [3.05, 3.63) is 52.5 Å². The van der Waals surface area contributed by atoms with E-state index in [1.165, 1.54) is 0 Å². The van der Waals surface area contributed by atoms with Crippen LogP contribution in [0.4, 0.5) is 10.5 Å². The normalized spacial score (nSPS) is 11.5. The van der Waals surface area contributed by atoms with Crippen LogP contribution in [0, 0.1) is 0 Å². The third-order valence-electron chi connectivity index (χ3n) is 3.31. The first-order chi connectivity index (χ1) is 11.0. The van der Waals surface area contributed by atoms with Crippen molar-refractivity contribution in [2.45, 2.75) is 13.0 Å². The number of benzene rings is 2. The minimum atomic E-state index is -0.298. The fourth-order valence-corrected chi connectivity index (χ4v) is 2.52. The van der Waals surface area contributed by atoms with Crippen molar-refractivity contribution in [2.24, 2.45) is 0 Å². The Bertz CT molecular complexity index is 669. The number of anilines is 1. The minimum absolute atomic E-state index is 0.125. The number of methoxy groups -OCH3 is 2. The zero-order chi connectivity index (χ0) is 16.8. The van der Waals surface area contributed by atoms with Gasteiger partial charge in [0.2, 0.25) is 0 Å². The summed E-state index contributed by atoms with van der Waals surface area (Å²) in [6, 6.07) is 12.6. The summed E-state index contributed by atoms with van der Waals surface area (Å²) in [5, 5.41) is 5.68. The van der Waals surface area contributed by atoms with Gasteiger partial charge in [0.05, 0.1) is 20.3 Å². The maximum atomic E-state index is 12.2. The third kappa shape index (κ3) is 4.89. The summed E-state index contributed by atoms with van der Waals surface area (Å²) in [6.07, 6.45) is 0. The number of hydrogen-bond acceptors (Lipinski definition) is 3. The lowest BCUT2D eigenvalue weighted by Gasteiger charge is -2.16. The topological polar surface area (TPSA) is 59.6 Å². The molecule has 2 amide bonds. The fraction of sp³-hybridized carbons (Fsp3) is 0.235. The molecule has 5 nitrogen and oxygen atoms in total. The molecule has 0 fully saturated rings. The molecule has 1 unspecified atom stereocenters. The van der Waals surface area contributed by atoms with Crippen molar-refractivity contribution in [3.8, 4) is 11.5 Å². The van der Waals surface area contributed by atoms with Crippen molar-refractivity contribution in [3.63, 3.8) is 0 Å². The van der Waals surface area contributed by atoms with E-state index in [9.17, 15) is 4.79 Å². The lowest BCUT2D eigenvalue weighted by atomic mass is 10.1. The van der Waals surface area contributed by atoms with Gasteiger partial charge in [0, 0.05) is 28.4 Å². The van der Waals surface area contributed by atoms with E-state index in [-0.39, 0.29) is 12.1 Å². The third-order valence-corrected chi connectivity index (χ3v) is 3.80. The number of halogens is 1. The quantitative estimate of drug-likeness (QED) is 0.812. The van der Waals surface area contributed by atoms with Gasteiger partial charge in [-0.3, -0.25) is 0 Å². The Balaban J connectivity index is 2.04. The first-order valence-electron chi connectivity index (χ1n) is 7.08. The van der Waals surface area contributed by atoms with E-state index < -0.39 is 0 Å². The van der Waals surface area contributed by atoms with Gasteiger partial charge in [0.25, 0.3) is 0 Å². The zero-order valence-electron chi connectivity index (χ0n) is 13.2. The molecule has 0 aliphatic carbocycles. The van der Waals surface area contributed by atoms with Crippen LogP contribution in [0.15, 0.2) is 46.9 Å². The molecule has 0 bridgehead atoms. The van der Waals surface area contributed by atoms with Crippen LogP contribution in [0.5, 0.6) is 11.5 Å². The Morgan fingerprint density at radius 1 is 1.09 bits per heavy atom. The monoisotopic (exact) mass is 378 g/mol. The highest BCUT2D eigenvalue weighted by atomic mass is 79.9. The Kier molecular flexibility index (Phi) is 5.87. The number of hydrogen-bond donors (Lipinski definition) is 2. The van der Waals surface area contributed by atoms with E-state index in [1.54, 1.807) is 32.4 Å². The molecule has 0 aliphatic heterocycles. The Labute approximate surface area is 144 Å². The maximum Gasteiger partial charge on any atom is 0.319 e. The average molecular weight is 379 g/mol. The summed E-state index contributed by atoms with van der Waals surface area (Å²) in [5.41, 5.74) is 1.61. The first-order valence-corrected chi connectivity index (χ1v) is 7.87. The van der Waals surface area contributed by atoms with Crippen LogP contribution in [-0.2, 0) is 0 Å². The highest BCUT2D eigenvalue weighted by Crippen LogP contribution is 2.26. The van der Waals surface area contributed by atoms with Gasteiger partial charge < -0.3 is 20.1 Å². The van der Waals surface area contributed by atoms with Crippen LogP contribution < -0.4 is 20.1 Å². The molecule has 2 N–H and O–H groups in total. The van der Waals surface area contributed by atoms with Gasteiger partial charge in [0.15, 0.2) is 0 Å². The summed E-state index contributed by atoms with van der Waals surface area (Å²) >= 11 is 3.43. The molecule has 122 valence electrons. The van der Waals surface area contributed by atoms with Crippen LogP contribution >= 0.6 is 15.9 Å². The van der Waals surface area contributed by atoms with Crippen molar-refractivity contribution >= 4 is 27.6 Å². The van der Waals surface area contributed by atoms with Crippen molar-refractivity contribution in [1.29, 1.82) is 0 Å². The van der Waals surface area contributed by atoms with E-state index in [4.69, 9.17) is 9.47 Å². The molecule has 0 aliphatic rings. The SMILES string of the molecule is COc1cc(NC(=O)NC(C)c2cccc(Br)c2)cc(OC)c1. The molecule has 6 heteroatoms. The van der Waals surface area contributed by atoms with E-state index in [2.05, 4.69) is 26.6 Å². The largest absolute Gasteiger partial charge is 0.497 e. The Hall–Kier alpha value is -2.21. The van der Waals surface area contributed by atoms with Crippen LogP contribution in [0.3, 0.4) is 0 Å². The van der Waals surface area contributed by atoms with E-state index >= 15 is 0 Å². The molecule has 0 radical (unpaired) electrons. The molecule has 23 heavy (non-hydrogen) atoms. The number of carbonyl (C=O) groups is 1. The number of amides is 2. The smallest absolute Gasteiger partial charge is 0.319 e. The van der Waals surface area contributed by atoms with Gasteiger partial charge in [-0.2, -0.15) is 0 Å². The molecule has 0 saturated carbocycles. The predicted octanol–water partition coefficient (Wildman–Crippen LogP) is 4.35. The summed E-state index contributed by atoms with van der Waals surface area (Å²) in [5.74, 6) is 1.22. The second kappa shape index (κ2) is 7.87. The van der Waals surface area contributed by atoms with Gasteiger partial charge in [-0.15, -0.1) is 0 Å². The van der Waals surface area contributed by atoms with Crippen molar-refractivity contribution in [1.82, 2.24) is 5.32 Å². The van der Waals surface area contributed by atoms with Crippen LogP contribution in [0.25, 0.3) is 0 Å². The number of urea groups is 1. The molecule has 2 rings (SSSR count). The molecule has 0 heterocycles. The van der Waals surface area contributed by atoms with Crippen LogP contribution in [-0.4, -0.2) is 20.3 Å². The number of rotatable bonds is 5. The molecule has 0 aromatic heterocycles. The van der Waals surface area contributed by atoms with Gasteiger partial charge in [-0.05, 0) is 24.6 Å². The summed E-state index contributed by atoms with van der Waals surface area (Å²) in [7, 11) is 3.13. The average Bonchev–Trinajstić information content (AvgIpc) is 2.54. The minimum Gasteiger partial charge on any atom is -0.497 e. The van der Waals surface area contributed by atoms with Gasteiger partial charge >= 0.3 is 6.03 Å².